The average Bonchev–Trinajstić information content (AvgIpc) is 2.94. The molecule has 3 rings (SSSR count). The van der Waals surface area contributed by atoms with Crippen molar-refractivity contribution in [3.63, 3.8) is 0 Å². The fourth-order valence-corrected chi connectivity index (χ4v) is 5.40. The zero-order chi connectivity index (χ0) is 27.5. The lowest BCUT2D eigenvalue weighted by Gasteiger charge is -2.28. The van der Waals surface area contributed by atoms with E-state index in [1.807, 2.05) is 13.0 Å². The van der Waals surface area contributed by atoms with Gasteiger partial charge in [0, 0.05) is 21.8 Å². The molecule has 0 bridgehead atoms. The van der Waals surface area contributed by atoms with Gasteiger partial charge in [0.1, 0.15) is 21.7 Å². The zero-order valence-corrected chi connectivity index (χ0v) is 26.2. The number of fused-ring (bicyclic) bond motifs is 2. The molecule has 1 aliphatic heterocycles. The van der Waals surface area contributed by atoms with Gasteiger partial charge in [0.25, 0.3) is 5.91 Å². The summed E-state index contributed by atoms with van der Waals surface area (Å²) in [5.41, 5.74) is 3.44. The van der Waals surface area contributed by atoms with Gasteiger partial charge in [-0.05, 0) is 81.4 Å². The first-order chi connectivity index (χ1) is 17.3. The van der Waals surface area contributed by atoms with Gasteiger partial charge in [-0.15, -0.1) is 0 Å². The van der Waals surface area contributed by atoms with Crippen molar-refractivity contribution < 1.29 is 20.1 Å². The third-order valence-electron chi connectivity index (χ3n) is 6.51. The highest BCUT2D eigenvalue weighted by Crippen LogP contribution is 2.50. The summed E-state index contributed by atoms with van der Waals surface area (Å²) in [4.78, 5) is 15.3. The van der Waals surface area contributed by atoms with Crippen molar-refractivity contribution in [2.75, 3.05) is 16.8 Å². The molecule has 0 aliphatic carbocycles. The van der Waals surface area contributed by atoms with Gasteiger partial charge in [0.2, 0.25) is 0 Å². The summed E-state index contributed by atoms with van der Waals surface area (Å²) in [6.07, 6.45) is 8.01. The molecule has 2 aromatic rings. The van der Waals surface area contributed by atoms with Gasteiger partial charge >= 0.3 is 0 Å². The Labute approximate surface area is 243 Å². The van der Waals surface area contributed by atoms with Crippen molar-refractivity contribution >= 4 is 70.8 Å². The summed E-state index contributed by atoms with van der Waals surface area (Å²) in [5.74, 6) is -0.914. The van der Waals surface area contributed by atoms with Crippen molar-refractivity contribution in [1.29, 1.82) is 0 Å². The monoisotopic (exact) mass is 698 g/mol. The van der Waals surface area contributed by atoms with E-state index in [4.69, 9.17) is 0 Å². The number of anilines is 3. The third kappa shape index (κ3) is 6.92. The number of alkyl halides is 2. The van der Waals surface area contributed by atoms with E-state index >= 15 is 0 Å². The molecule has 200 valence electrons. The molecule has 0 fully saturated rings. The van der Waals surface area contributed by atoms with Gasteiger partial charge in [-0.25, -0.2) is 0 Å². The maximum atomic E-state index is 13.6. The molecular formula is C28H33Br3N2O4. The molecule has 1 heterocycles. The number of amides is 1. The molecule has 2 aromatic carbocycles. The Morgan fingerprint density at radius 1 is 1.14 bits per heavy atom. The van der Waals surface area contributed by atoms with Crippen LogP contribution in [0.25, 0.3) is 0 Å². The predicted octanol–water partition coefficient (Wildman–Crippen LogP) is 8.66. The van der Waals surface area contributed by atoms with Crippen LogP contribution in [0.15, 0.2) is 52.0 Å². The average molecular weight is 701 g/mol. The summed E-state index contributed by atoms with van der Waals surface area (Å²) in [6.45, 7) is 8.68. The second-order valence-corrected chi connectivity index (χ2v) is 13.6. The molecule has 0 spiro atoms. The molecule has 6 nitrogen and oxygen atoms in total. The first-order valence-electron chi connectivity index (χ1n) is 12.1. The number of nitrogens with one attached hydrogen (secondary N) is 1. The minimum atomic E-state index is -0.354. The van der Waals surface area contributed by atoms with Crippen molar-refractivity contribution in [2.24, 2.45) is 0 Å². The maximum Gasteiger partial charge on any atom is 0.260 e. The molecule has 1 amide bonds. The quantitative estimate of drug-likeness (QED) is 0.0910. The van der Waals surface area contributed by atoms with Gasteiger partial charge in [0.15, 0.2) is 5.75 Å². The standard InChI is InChI=1S/C28H33Br3N2O4/c1-16(2)7-6-13-28(4,31)22(29)11-10-17(3)12-14-33-19-15-21(35)23(30)26(36)25(19)32-24-18(27(33)37)8-5-9-20(24)34/h5,7-9,12,15,22,32,34-36H,6,10-11,13-14H2,1-4H3. The number of aromatic hydroxyl groups is 3. The molecule has 0 saturated carbocycles. The first-order valence-corrected chi connectivity index (χ1v) is 14.6. The number of para-hydroxylation sites is 1. The van der Waals surface area contributed by atoms with Gasteiger partial charge in [-0.2, -0.15) is 0 Å². The smallest absolute Gasteiger partial charge is 0.260 e. The summed E-state index contributed by atoms with van der Waals surface area (Å²) >= 11 is 10.9. The Hall–Kier alpha value is -1.97. The Balaban J connectivity index is 1.83. The number of halogens is 3. The minimum Gasteiger partial charge on any atom is -0.507 e. The summed E-state index contributed by atoms with van der Waals surface area (Å²) in [7, 11) is 0. The van der Waals surface area contributed by atoms with E-state index in [2.05, 4.69) is 80.0 Å². The van der Waals surface area contributed by atoms with Crippen LogP contribution in [-0.2, 0) is 0 Å². The number of rotatable bonds is 9. The van der Waals surface area contributed by atoms with E-state index in [0.717, 1.165) is 31.3 Å². The van der Waals surface area contributed by atoms with E-state index < -0.39 is 0 Å². The number of hydrogen-bond acceptors (Lipinski definition) is 5. The normalized spacial score (nSPS) is 15.7. The number of phenolic OH excluding ortho intramolecular Hbond substituents is 3. The Bertz CT molecular complexity index is 1240. The summed E-state index contributed by atoms with van der Waals surface area (Å²) in [5, 5.41) is 34.5. The topological polar surface area (TPSA) is 93.0 Å². The van der Waals surface area contributed by atoms with E-state index in [1.165, 1.54) is 22.6 Å². The molecule has 37 heavy (non-hydrogen) atoms. The van der Waals surface area contributed by atoms with E-state index in [0.29, 0.717) is 5.69 Å². The third-order valence-corrected chi connectivity index (χ3v) is 10.3. The highest BCUT2D eigenvalue weighted by molar-refractivity contribution is 9.12. The van der Waals surface area contributed by atoms with Crippen molar-refractivity contribution in [2.45, 2.75) is 62.5 Å². The van der Waals surface area contributed by atoms with E-state index in [9.17, 15) is 20.1 Å². The van der Waals surface area contributed by atoms with Crippen LogP contribution in [0.1, 0.15) is 63.7 Å². The largest absolute Gasteiger partial charge is 0.507 e. The molecule has 2 unspecified atom stereocenters. The Morgan fingerprint density at radius 2 is 1.84 bits per heavy atom. The van der Waals surface area contributed by atoms with Crippen LogP contribution in [0.3, 0.4) is 0 Å². The number of allylic oxidation sites excluding steroid dienone is 3. The molecular weight excluding hydrogens is 668 g/mol. The lowest BCUT2D eigenvalue weighted by atomic mass is 9.96. The SMILES string of the molecule is CC(C)=CCCC(C)(Br)C(Br)CCC(C)=CCN1C(=O)c2cccc(O)c2Nc2c1cc(O)c(Br)c2O. The maximum absolute atomic E-state index is 13.6. The van der Waals surface area contributed by atoms with E-state index in [1.54, 1.807) is 12.1 Å². The van der Waals surface area contributed by atoms with Gasteiger partial charge in [-0.1, -0.05) is 61.2 Å². The molecule has 2 atom stereocenters. The number of carbonyl (C=O) groups excluding carboxylic acids is 1. The zero-order valence-electron chi connectivity index (χ0n) is 21.4. The molecule has 0 radical (unpaired) electrons. The van der Waals surface area contributed by atoms with Crippen LogP contribution < -0.4 is 10.2 Å². The highest BCUT2D eigenvalue weighted by atomic mass is 79.9. The van der Waals surface area contributed by atoms with Gasteiger partial charge in [0.05, 0.1) is 16.9 Å². The van der Waals surface area contributed by atoms with Crippen molar-refractivity contribution in [3.8, 4) is 17.2 Å². The number of hydrogen-bond donors (Lipinski definition) is 4. The van der Waals surface area contributed by atoms with Crippen molar-refractivity contribution in [3.05, 3.63) is 57.6 Å². The Morgan fingerprint density at radius 3 is 2.51 bits per heavy atom. The van der Waals surface area contributed by atoms with Gasteiger partial charge < -0.3 is 25.5 Å². The predicted molar refractivity (Wildman–Crippen MR) is 162 cm³/mol. The number of phenols is 3. The van der Waals surface area contributed by atoms with Crippen LogP contribution in [0.4, 0.5) is 17.1 Å². The molecule has 0 aromatic heterocycles. The number of nitrogens with zero attached hydrogens (tertiary/aromatic N) is 1. The van der Waals surface area contributed by atoms with E-state index in [-0.39, 0.29) is 60.3 Å². The fourth-order valence-electron chi connectivity index (χ4n) is 4.17. The Kier molecular flexibility index (Phi) is 9.80. The summed E-state index contributed by atoms with van der Waals surface area (Å²) in [6, 6.07) is 6.11. The number of benzene rings is 2. The number of carbonyl (C=O) groups is 1. The van der Waals surface area contributed by atoms with Gasteiger partial charge in [-0.3, -0.25) is 4.79 Å². The van der Waals surface area contributed by atoms with Crippen LogP contribution in [0, 0.1) is 0 Å². The second kappa shape index (κ2) is 12.3. The minimum absolute atomic E-state index is 0.0429. The molecule has 9 heteroatoms. The molecule has 4 N–H and O–H groups in total. The molecule has 1 aliphatic rings. The first kappa shape index (κ1) is 29.6. The van der Waals surface area contributed by atoms with Crippen LogP contribution in [-0.4, -0.2) is 36.9 Å². The lowest BCUT2D eigenvalue weighted by molar-refractivity contribution is 0.0991. The molecule has 0 saturated heterocycles. The fraction of sp³-hybridized carbons (Fsp3) is 0.393. The van der Waals surface area contributed by atoms with Crippen LogP contribution in [0.2, 0.25) is 0 Å². The van der Waals surface area contributed by atoms with Crippen molar-refractivity contribution in [1.82, 2.24) is 0 Å². The lowest BCUT2D eigenvalue weighted by Crippen LogP contribution is -2.30. The van der Waals surface area contributed by atoms with Crippen LogP contribution in [0.5, 0.6) is 17.2 Å². The van der Waals surface area contributed by atoms with Crippen LogP contribution >= 0.6 is 47.8 Å². The highest BCUT2D eigenvalue weighted by Gasteiger charge is 2.32. The summed E-state index contributed by atoms with van der Waals surface area (Å²) < 4.78 is 0.0566. The second-order valence-electron chi connectivity index (χ2n) is 9.85.